The fourth-order valence-electron chi connectivity index (χ4n) is 2.03. The summed E-state index contributed by atoms with van der Waals surface area (Å²) < 4.78 is 0. The molecule has 0 amide bonds. The van der Waals surface area contributed by atoms with E-state index in [-0.39, 0.29) is 22.7 Å². The van der Waals surface area contributed by atoms with Gasteiger partial charge in [0.25, 0.3) is 0 Å². The van der Waals surface area contributed by atoms with E-state index >= 15 is 0 Å². The van der Waals surface area contributed by atoms with Crippen LogP contribution in [0.5, 0.6) is 0 Å². The molecule has 0 saturated carbocycles. The van der Waals surface area contributed by atoms with Crippen molar-refractivity contribution in [3.05, 3.63) is 62.3 Å². The molecule has 0 saturated heterocycles. The summed E-state index contributed by atoms with van der Waals surface area (Å²) in [6, 6.07) is 9.91. The van der Waals surface area contributed by atoms with Gasteiger partial charge in [0.1, 0.15) is 5.15 Å². The first-order valence-corrected chi connectivity index (χ1v) is 6.95. The third-order valence-electron chi connectivity index (χ3n) is 3.29. The maximum Gasteiger partial charge on any atom is 0.311 e. The van der Waals surface area contributed by atoms with E-state index in [4.69, 9.17) is 23.2 Å². The third-order valence-corrected chi connectivity index (χ3v) is 3.84. The molecule has 0 aliphatic rings. The highest BCUT2D eigenvalue weighted by molar-refractivity contribution is 6.31. The van der Waals surface area contributed by atoms with Gasteiger partial charge >= 0.3 is 5.69 Å². The quantitative estimate of drug-likeness (QED) is 0.472. The molecule has 1 heterocycles. The van der Waals surface area contributed by atoms with E-state index in [2.05, 4.69) is 4.98 Å². The van der Waals surface area contributed by atoms with Crippen molar-refractivity contribution in [1.29, 1.82) is 0 Å². The topological polar surface area (TPSA) is 59.3 Å². The summed E-state index contributed by atoms with van der Waals surface area (Å²) in [6.07, 6.45) is 0. The van der Waals surface area contributed by atoms with Crippen LogP contribution >= 0.6 is 23.2 Å². The average Bonchev–Trinajstić information content (AvgIpc) is 2.45. The van der Waals surface area contributed by atoms with Crippen LogP contribution in [0.1, 0.15) is 18.5 Å². The van der Waals surface area contributed by atoms with Gasteiger partial charge in [0.05, 0.1) is 11.0 Å². The molecule has 7 heteroatoms. The van der Waals surface area contributed by atoms with Gasteiger partial charge in [-0.05, 0) is 24.6 Å². The Labute approximate surface area is 132 Å². The van der Waals surface area contributed by atoms with Crippen molar-refractivity contribution in [3.8, 4) is 0 Å². The maximum absolute atomic E-state index is 11.1. The average molecular weight is 326 g/mol. The Bertz CT molecular complexity index is 679. The lowest BCUT2D eigenvalue weighted by Gasteiger charge is -2.26. The molecule has 0 aliphatic carbocycles. The van der Waals surface area contributed by atoms with Crippen molar-refractivity contribution in [1.82, 2.24) is 4.98 Å². The minimum Gasteiger partial charge on any atom is -0.347 e. The van der Waals surface area contributed by atoms with E-state index in [0.717, 1.165) is 5.56 Å². The lowest BCUT2D eigenvalue weighted by molar-refractivity contribution is -0.384. The Balaban J connectivity index is 2.44. The van der Waals surface area contributed by atoms with Gasteiger partial charge in [0.2, 0.25) is 5.82 Å². The zero-order valence-electron chi connectivity index (χ0n) is 11.5. The number of nitrogens with zero attached hydrogens (tertiary/aromatic N) is 3. The second kappa shape index (κ2) is 6.28. The van der Waals surface area contributed by atoms with Crippen LogP contribution in [0.4, 0.5) is 11.5 Å². The Morgan fingerprint density at radius 3 is 2.52 bits per heavy atom. The highest BCUT2D eigenvalue weighted by Crippen LogP contribution is 2.34. The number of anilines is 1. The second-order valence-electron chi connectivity index (χ2n) is 4.54. The van der Waals surface area contributed by atoms with Crippen LogP contribution in [0, 0.1) is 10.1 Å². The summed E-state index contributed by atoms with van der Waals surface area (Å²) in [7, 11) is 1.72. The van der Waals surface area contributed by atoms with Crippen LogP contribution in [0.2, 0.25) is 10.2 Å². The molecule has 1 aromatic carbocycles. The van der Waals surface area contributed by atoms with E-state index in [1.165, 1.54) is 12.1 Å². The van der Waals surface area contributed by atoms with Crippen molar-refractivity contribution >= 4 is 34.7 Å². The van der Waals surface area contributed by atoms with Gasteiger partial charge < -0.3 is 4.90 Å². The van der Waals surface area contributed by atoms with E-state index in [0.29, 0.717) is 5.02 Å². The normalized spacial score (nSPS) is 12.0. The molecule has 21 heavy (non-hydrogen) atoms. The number of aromatic nitrogens is 1. The molecular formula is C14H13Cl2N3O2. The molecule has 1 aromatic heterocycles. The van der Waals surface area contributed by atoms with Crippen LogP contribution in [0.15, 0.2) is 36.4 Å². The fourth-order valence-corrected chi connectivity index (χ4v) is 2.46. The number of pyridine rings is 1. The van der Waals surface area contributed by atoms with Crippen molar-refractivity contribution in [3.63, 3.8) is 0 Å². The van der Waals surface area contributed by atoms with Crippen LogP contribution < -0.4 is 4.90 Å². The van der Waals surface area contributed by atoms with Crippen LogP contribution in [0.25, 0.3) is 0 Å². The summed E-state index contributed by atoms with van der Waals surface area (Å²) in [4.78, 5) is 16.4. The summed E-state index contributed by atoms with van der Waals surface area (Å²) >= 11 is 12.0. The minimum atomic E-state index is -0.478. The van der Waals surface area contributed by atoms with Gasteiger partial charge in [-0.1, -0.05) is 41.4 Å². The smallest absolute Gasteiger partial charge is 0.311 e. The van der Waals surface area contributed by atoms with Crippen LogP contribution in [-0.2, 0) is 0 Å². The molecule has 1 atom stereocenters. The standard InChI is InChI=1S/C14H13Cl2N3O2/c1-9(10-5-3-4-6-11(10)15)18(2)14-12(19(20)21)7-8-13(16)17-14/h3-9H,1-2H3. The fraction of sp³-hybridized carbons (Fsp3) is 0.214. The number of benzene rings is 1. The van der Waals surface area contributed by atoms with Crippen molar-refractivity contribution in [2.24, 2.45) is 0 Å². The molecule has 0 bridgehead atoms. The van der Waals surface area contributed by atoms with Crippen molar-refractivity contribution in [2.45, 2.75) is 13.0 Å². The van der Waals surface area contributed by atoms with E-state index < -0.39 is 4.92 Å². The lowest BCUT2D eigenvalue weighted by Crippen LogP contribution is -2.24. The molecule has 0 N–H and O–H groups in total. The number of rotatable bonds is 4. The highest BCUT2D eigenvalue weighted by Gasteiger charge is 2.24. The van der Waals surface area contributed by atoms with Gasteiger partial charge in [-0.2, -0.15) is 0 Å². The van der Waals surface area contributed by atoms with Gasteiger partial charge in [-0.3, -0.25) is 10.1 Å². The molecular weight excluding hydrogens is 313 g/mol. The van der Waals surface area contributed by atoms with Gasteiger partial charge in [-0.15, -0.1) is 0 Å². The van der Waals surface area contributed by atoms with Crippen LogP contribution in [-0.4, -0.2) is 17.0 Å². The zero-order chi connectivity index (χ0) is 15.6. The SMILES string of the molecule is CC(c1ccccc1Cl)N(C)c1nc(Cl)ccc1[N+](=O)[O-]. The predicted molar refractivity (Wildman–Crippen MR) is 84.2 cm³/mol. The molecule has 1 unspecified atom stereocenters. The number of hydrogen-bond acceptors (Lipinski definition) is 4. The Kier molecular flexibility index (Phi) is 4.65. The van der Waals surface area contributed by atoms with E-state index in [9.17, 15) is 10.1 Å². The van der Waals surface area contributed by atoms with Gasteiger partial charge in [0.15, 0.2) is 0 Å². The Morgan fingerprint density at radius 2 is 1.90 bits per heavy atom. The van der Waals surface area contributed by atoms with E-state index in [1.54, 1.807) is 18.0 Å². The summed E-state index contributed by atoms with van der Waals surface area (Å²) in [5.41, 5.74) is 0.763. The second-order valence-corrected chi connectivity index (χ2v) is 5.34. The summed E-state index contributed by atoms with van der Waals surface area (Å²) in [6.45, 7) is 1.90. The highest BCUT2D eigenvalue weighted by atomic mass is 35.5. The maximum atomic E-state index is 11.1. The number of hydrogen-bond donors (Lipinski definition) is 0. The first-order chi connectivity index (χ1) is 9.91. The summed E-state index contributed by atoms with van der Waals surface area (Å²) in [5, 5.41) is 11.9. The van der Waals surface area contributed by atoms with Crippen LogP contribution in [0.3, 0.4) is 0 Å². The molecule has 5 nitrogen and oxygen atoms in total. The molecule has 0 radical (unpaired) electrons. The predicted octanol–water partition coefficient (Wildman–Crippen LogP) is 4.49. The minimum absolute atomic E-state index is 0.0965. The van der Waals surface area contributed by atoms with Crippen molar-refractivity contribution < 1.29 is 4.92 Å². The third kappa shape index (κ3) is 3.25. The van der Waals surface area contributed by atoms with Crippen molar-refractivity contribution in [2.75, 3.05) is 11.9 Å². The molecule has 2 rings (SSSR count). The lowest BCUT2D eigenvalue weighted by atomic mass is 10.1. The Morgan fingerprint density at radius 1 is 1.24 bits per heavy atom. The largest absolute Gasteiger partial charge is 0.347 e. The monoisotopic (exact) mass is 325 g/mol. The number of nitro groups is 1. The molecule has 0 fully saturated rings. The first-order valence-electron chi connectivity index (χ1n) is 6.20. The molecule has 110 valence electrons. The summed E-state index contributed by atoms with van der Waals surface area (Å²) in [5.74, 6) is 0.208. The van der Waals surface area contributed by atoms with Gasteiger partial charge in [0, 0.05) is 18.1 Å². The molecule has 2 aromatic rings. The Hall–Kier alpha value is -1.85. The zero-order valence-corrected chi connectivity index (χ0v) is 13.0. The molecule has 0 aliphatic heterocycles. The van der Waals surface area contributed by atoms with Gasteiger partial charge in [-0.25, -0.2) is 4.98 Å². The molecule has 0 spiro atoms. The number of halogens is 2. The van der Waals surface area contributed by atoms with E-state index in [1.807, 2.05) is 25.1 Å². The first kappa shape index (κ1) is 15.5.